The summed E-state index contributed by atoms with van der Waals surface area (Å²) in [6, 6.07) is 10.1. The molecule has 2 N–H and O–H groups in total. The van der Waals surface area contributed by atoms with Gasteiger partial charge in [-0.3, -0.25) is 0 Å². The van der Waals surface area contributed by atoms with E-state index in [4.69, 9.17) is 14.8 Å². The number of fused-ring (bicyclic) bond motifs is 1. The van der Waals surface area contributed by atoms with E-state index in [1.165, 1.54) is 0 Å². The van der Waals surface area contributed by atoms with E-state index >= 15 is 0 Å². The number of anilines is 1. The number of nitrogens with zero attached hydrogens (tertiary/aromatic N) is 5. The number of rotatable bonds is 8. The van der Waals surface area contributed by atoms with Gasteiger partial charge in [-0.1, -0.05) is 18.2 Å². The van der Waals surface area contributed by atoms with Crippen LogP contribution in [0.3, 0.4) is 0 Å². The number of ether oxygens (including phenoxy) is 1. The molecule has 0 spiro atoms. The molecular formula is C21H26N6O2. The van der Waals surface area contributed by atoms with Crippen LogP contribution < -0.4 is 4.90 Å². The van der Waals surface area contributed by atoms with Crippen LogP contribution in [-0.4, -0.2) is 53.0 Å². The molecule has 3 heterocycles. The summed E-state index contributed by atoms with van der Waals surface area (Å²) in [6.45, 7) is 3.67. The van der Waals surface area contributed by atoms with Crippen molar-refractivity contribution >= 4 is 22.5 Å². The second-order valence-electron chi connectivity index (χ2n) is 7.04. The third-order valence-electron chi connectivity index (χ3n) is 4.98. The van der Waals surface area contributed by atoms with Gasteiger partial charge in [0.15, 0.2) is 5.82 Å². The highest BCUT2D eigenvalue weighted by Gasteiger charge is 2.15. The van der Waals surface area contributed by atoms with Gasteiger partial charge < -0.3 is 19.7 Å². The Morgan fingerprint density at radius 3 is 2.86 bits per heavy atom. The number of aliphatic hydroxyl groups excluding tert-OH is 1. The fourth-order valence-corrected chi connectivity index (χ4v) is 3.43. The molecule has 0 bridgehead atoms. The Bertz CT molecular complexity index is 965. The molecule has 1 saturated heterocycles. The molecule has 0 amide bonds. The minimum atomic E-state index is 0.181. The number of H-pyrrole nitrogens is 1. The summed E-state index contributed by atoms with van der Waals surface area (Å²) in [7, 11) is 0. The first-order valence-electron chi connectivity index (χ1n) is 10.1. The molecule has 0 atom stereocenters. The highest BCUT2D eigenvalue weighted by molar-refractivity contribution is 5.82. The summed E-state index contributed by atoms with van der Waals surface area (Å²) < 4.78 is 5.44. The Morgan fingerprint density at radius 1 is 1.14 bits per heavy atom. The summed E-state index contributed by atoms with van der Waals surface area (Å²) >= 11 is 0. The number of para-hydroxylation sites is 1. The van der Waals surface area contributed by atoms with Gasteiger partial charge in [0.05, 0.1) is 19.8 Å². The molecule has 4 rings (SSSR count). The maximum Gasteiger partial charge on any atom is 0.179 e. The highest BCUT2D eigenvalue weighted by Crippen LogP contribution is 2.22. The Hall–Kier alpha value is -2.84. The lowest BCUT2D eigenvalue weighted by molar-refractivity contribution is 0.122. The molecule has 8 heteroatoms. The average Bonchev–Trinajstić information content (AvgIpc) is 3.18. The van der Waals surface area contributed by atoms with Crippen LogP contribution in [0.5, 0.6) is 0 Å². The zero-order valence-electron chi connectivity index (χ0n) is 16.4. The molecule has 1 aliphatic rings. The second kappa shape index (κ2) is 9.58. The molecule has 1 fully saturated rings. The number of aromatic amines is 1. The van der Waals surface area contributed by atoms with Gasteiger partial charge in [-0.15, -0.1) is 5.11 Å². The first-order chi connectivity index (χ1) is 14.3. The molecule has 0 aliphatic carbocycles. The normalized spacial score (nSPS) is 14.9. The van der Waals surface area contributed by atoms with Gasteiger partial charge in [0.25, 0.3) is 0 Å². The lowest BCUT2D eigenvalue weighted by Gasteiger charge is -2.28. The summed E-state index contributed by atoms with van der Waals surface area (Å²) in [5, 5.41) is 19.0. The topological polar surface area (TPSA) is 99.0 Å². The third-order valence-corrected chi connectivity index (χ3v) is 4.98. The highest BCUT2D eigenvalue weighted by atomic mass is 16.5. The Labute approximate surface area is 169 Å². The number of hydrogen-bond donors (Lipinski definition) is 2. The van der Waals surface area contributed by atoms with Crippen LogP contribution in [0.1, 0.15) is 24.2 Å². The van der Waals surface area contributed by atoms with Crippen LogP contribution in [0.2, 0.25) is 0 Å². The minimum Gasteiger partial charge on any atom is -0.396 e. The molecule has 1 aromatic carbocycles. The number of nitrogens with one attached hydrogen (secondary N) is 1. The van der Waals surface area contributed by atoms with Crippen LogP contribution in [0.15, 0.2) is 46.8 Å². The van der Waals surface area contributed by atoms with Crippen LogP contribution in [0, 0.1) is 0 Å². The predicted molar refractivity (Wildman–Crippen MR) is 112 cm³/mol. The van der Waals surface area contributed by atoms with Crippen molar-refractivity contribution in [2.24, 2.45) is 10.2 Å². The smallest absolute Gasteiger partial charge is 0.179 e. The number of aliphatic hydroxyl groups is 1. The second-order valence-corrected chi connectivity index (χ2v) is 7.04. The fraction of sp³-hybridized carbons (Fsp3) is 0.429. The van der Waals surface area contributed by atoms with Crippen LogP contribution in [-0.2, 0) is 17.7 Å². The maximum atomic E-state index is 9.04. The molecule has 0 saturated carbocycles. The molecule has 8 nitrogen and oxygen atoms in total. The first-order valence-corrected chi connectivity index (χ1v) is 10.1. The van der Waals surface area contributed by atoms with E-state index in [1.807, 2.05) is 30.5 Å². The number of morpholine rings is 1. The van der Waals surface area contributed by atoms with Gasteiger partial charge in [-0.25, -0.2) is 9.97 Å². The Morgan fingerprint density at radius 2 is 2.00 bits per heavy atom. The van der Waals surface area contributed by atoms with Crippen LogP contribution in [0.4, 0.5) is 11.6 Å². The van der Waals surface area contributed by atoms with Gasteiger partial charge >= 0.3 is 0 Å². The van der Waals surface area contributed by atoms with Gasteiger partial charge in [0.2, 0.25) is 0 Å². The van der Waals surface area contributed by atoms with Crippen molar-refractivity contribution in [1.82, 2.24) is 15.0 Å². The molecule has 2 aromatic heterocycles. The van der Waals surface area contributed by atoms with Crippen molar-refractivity contribution in [3.05, 3.63) is 47.9 Å². The fourth-order valence-electron chi connectivity index (χ4n) is 3.43. The summed E-state index contributed by atoms with van der Waals surface area (Å²) in [5.74, 6) is 2.17. The largest absolute Gasteiger partial charge is 0.396 e. The van der Waals surface area contributed by atoms with Crippen molar-refractivity contribution in [1.29, 1.82) is 0 Å². The zero-order valence-corrected chi connectivity index (χ0v) is 16.4. The number of aromatic nitrogens is 3. The van der Waals surface area contributed by atoms with Crippen LogP contribution in [0.25, 0.3) is 10.9 Å². The van der Waals surface area contributed by atoms with Gasteiger partial charge in [0, 0.05) is 54.8 Å². The van der Waals surface area contributed by atoms with Crippen molar-refractivity contribution in [2.45, 2.75) is 25.8 Å². The number of hydrogen-bond acceptors (Lipinski definition) is 7. The number of benzene rings is 1. The molecule has 0 radical (unpaired) electrons. The Kier molecular flexibility index (Phi) is 6.43. The predicted octanol–water partition coefficient (Wildman–Crippen LogP) is 3.39. The Balaban J connectivity index is 1.52. The standard InChI is InChI=1S/C21H26N6O2/c28-10-4-3-7-19-24-20(13-21(25-19)27-8-11-29-12-9-27)26-23-15-16-14-22-18-6-2-1-5-17(16)18/h1-2,5-6,13-14,22,28H,3-4,7-12,15H2. The number of unbranched alkanes of at least 4 members (excludes halogenated alkanes) is 1. The van der Waals surface area contributed by atoms with Gasteiger partial charge in [-0.05, 0) is 18.9 Å². The monoisotopic (exact) mass is 394 g/mol. The molecule has 3 aromatic rings. The maximum absolute atomic E-state index is 9.04. The van der Waals surface area contributed by atoms with Crippen molar-refractivity contribution in [3.63, 3.8) is 0 Å². The lowest BCUT2D eigenvalue weighted by atomic mass is 10.2. The molecule has 0 unspecified atom stereocenters. The molecule has 152 valence electrons. The van der Waals surface area contributed by atoms with Crippen molar-refractivity contribution < 1.29 is 9.84 Å². The SMILES string of the molecule is OCCCCc1nc(N=NCc2c[nH]c3ccccc23)cc(N2CCOCC2)n1. The van der Waals surface area contributed by atoms with E-state index in [9.17, 15) is 0 Å². The number of azo groups is 1. The van der Waals surface area contributed by atoms with Crippen molar-refractivity contribution in [2.75, 3.05) is 37.8 Å². The van der Waals surface area contributed by atoms with Crippen molar-refractivity contribution in [3.8, 4) is 0 Å². The van der Waals surface area contributed by atoms with Gasteiger partial charge in [-0.2, -0.15) is 5.11 Å². The zero-order chi connectivity index (χ0) is 19.9. The summed E-state index contributed by atoms with van der Waals surface area (Å²) in [6.07, 6.45) is 4.27. The summed E-state index contributed by atoms with van der Waals surface area (Å²) in [5.41, 5.74) is 2.20. The van der Waals surface area contributed by atoms with E-state index < -0.39 is 0 Å². The van der Waals surface area contributed by atoms with E-state index in [-0.39, 0.29) is 6.61 Å². The van der Waals surface area contributed by atoms with E-state index in [0.717, 1.165) is 54.0 Å². The van der Waals surface area contributed by atoms with E-state index in [0.29, 0.717) is 32.0 Å². The lowest BCUT2D eigenvalue weighted by Crippen LogP contribution is -2.36. The summed E-state index contributed by atoms with van der Waals surface area (Å²) in [4.78, 5) is 14.7. The first kappa shape index (κ1) is 19.5. The third kappa shape index (κ3) is 4.96. The van der Waals surface area contributed by atoms with Crippen LogP contribution >= 0.6 is 0 Å². The van der Waals surface area contributed by atoms with E-state index in [2.05, 4.69) is 31.2 Å². The van der Waals surface area contributed by atoms with Gasteiger partial charge in [0.1, 0.15) is 11.6 Å². The number of aryl methyl sites for hydroxylation is 1. The quantitative estimate of drug-likeness (QED) is 0.451. The molecule has 1 aliphatic heterocycles. The minimum absolute atomic E-state index is 0.181. The van der Waals surface area contributed by atoms with E-state index in [1.54, 1.807) is 0 Å². The molecule has 29 heavy (non-hydrogen) atoms. The molecular weight excluding hydrogens is 368 g/mol. The average molecular weight is 394 g/mol.